The zero-order valence-corrected chi connectivity index (χ0v) is 11.4. The van der Waals surface area contributed by atoms with E-state index in [-0.39, 0.29) is 13.0 Å². The molecule has 1 aliphatic rings. The second-order valence-corrected chi connectivity index (χ2v) is 5.28. The number of rotatable bonds is 6. The summed E-state index contributed by atoms with van der Waals surface area (Å²) in [5, 5.41) is 22.7. The van der Waals surface area contributed by atoms with Gasteiger partial charge in [-0.2, -0.15) is 0 Å². The molecule has 0 radical (unpaired) electrons. The number of carboxylic acids is 1. The number of hydrogen-bond acceptors (Lipinski definition) is 3. The number of aliphatic hydroxyl groups is 1. The van der Waals surface area contributed by atoms with Crippen molar-refractivity contribution in [3.63, 3.8) is 0 Å². The third-order valence-corrected chi connectivity index (χ3v) is 3.84. The van der Waals surface area contributed by atoms with Gasteiger partial charge >= 0.3 is 12.0 Å². The molecule has 0 aromatic heterocycles. The zero-order chi connectivity index (χ0) is 14.3. The highest BCUT2D eigenvalue weighted by Gasteiger charge is 2.23. The lowest BCUT2D eigenvalue weighted by atomic mass is 9.80. The molecule has 6 nitrogen and oxygen atoms in total. The van der Waals surface area contributed by atoms with E-state index >= 15 is 0 Å². The third-order valence-electron chi connectivity index (χ3n) is 3.84. The molecule has 0 heterocycles. The van der Waals surface area contributed by atoms with Crippen LogP contribution in [0.15, 0.2) is 0 Å². The highest BCUT2D eigenvalue weighted by Crippen LogP contribution is 2.28. The van der Waals surface area contributed by atoms with Crippen LogP contribution in [0.2, 0.25) is 0 Å². The number of hydrogen-bond donors (Lipinski definition) is 4. The molecule has 1 saturated carbocycles. The van der Waals surface area contributed by atoms with Crippen LogP contribution in [0.25, 0.3) is 0 Å². The maximum Gasteiger partial charge on any atom is 0.326 e. The molecule has 6 heteroatoms. The van der Waals surface area contributed by atoms with Gasteiger partial charge in [-0.3, -0.25) is 0 Å². The summed E-state index contributed by atoms with van der Waals surface area (Å²) < 4.78 is 0. The van der Waals surface area contributed by atoms with Crippen molar-refractivity contribution in [3.8, 4) is 0 Å². The SMILES string of the molecule is CC1CCCCC1CNC(=O)N[C@@H](CCO)C(=O)O. The van der Waals surface area contributed by atoms with Crippen LogP contribution in [0.1, 0.15) is 39.0 Å². The molecule has 1 aliphatic carbocycles. The van der Waals surface area contributed by atoms with E-state index in [1.807, 2.05) is 0 Å². The number of amides is 2. The fraction of sp³-hybridized carbons (Fsp3) is 0.846. The first-order chi connectivity index (χ1) is 9.04. The zero-order valence-electron chi connectivity index (χ0n) is 11.4. The van der Waals surface area contributed by atoms with Gasteiger partial charge in [-0.15, -0.1) is 0 Å². The highest BCUT2D eigenvalue weighted by molar-refractivity contribution is 5.82. The number of carbonyl (C=O) groups is 2. The van der Waals surface area contributed by atoms with Crippen LogP contribution in [0.5, 0.6) is 0 Å². The minimum absolute atomic E-state index is 0.0165. The molecular formula is C13H24N2O4. The molecule has 1 fully saturated rings. The van der Waals surface area contributed by atoms with E-state index in [9.17, 15) is 9.59 Å². The minimum Gasteiger partial charge on any atom is -0.480 e. The molecule has 0 spiro atoms. The summed E-state index contributed by atoms with van der Waals surface area (Å²) in [7, 11) is 0. The molecule has 1 rings (SSSR count). The second-order valence-electron chi connectivity index (χ2n) is 5.28. The number of aliphatic carboxylic acids is 1. The maximum atomic E-state index is 11.6. The Kier molecular flexibility index (Phi) is 6.62. The Bertz CT molecular complexity index is 309. The van der Waals surface area contributed by atoms with Crippen LogP contribution >= 0.6 is 0 Å². The Hall–Kier alpha value is -1.30. The number of urea groups is 1. The fourth-order valence-corrected chi connectivity index (χ4v) is 2.52. The van der Waals surface area contributed by atoms with Gasteiger partial charge in [-0.1, -0.05) is 26.2 Å². The van der Waals surface area contributed by atoms with Crippen molar-refractivity contribution in [2.24, 2.45) is 11.8 Å². The molecule has 2 amide bonds. The Morgan fingerprint density at radius 1 is 1.32 bits per heavy atom. The molecule has 0 aliphatic heterocycles. The molecule has 0 bridgehead atoms. The molecular weight excluding hydrogens is 248 g/mol. The minimum atomic E-state index is -1.13. The van der Waals surface area contributed by atoms with E-state index in [4.69, 9.17) is 10.2 Å². The van der Waals surface area contributed by atoms with E-state index < -0.39 is 18.0 Å². The van der Waals surface area contributed by atoms with Gasteiger partial charge in [-0.25, -0.2) is 9.59 Å². The lowest BCUT2D eigenvalue weighted by Gasteiger charge is -2.29. The second kappa shape index (κ2) is 7.99. The van der Waals surface area contributed by atoms with Gasteiger partial charge in [0.2, 0.25) is 0 Å². The Balaban J connectivity index is 2.31. The fourth-order valence-electron chi connectivity index (χ4n) is 2.52. The molecule has 3 atom stereocenters. The van der Waals surface area contributed by atoms with Crippen LogP contribution in [-0.2, 0) is 4.79 Å². The van der Waals surface area contributed by atoms with Crippen molar-refractivity contribution in [1.29, 1.82) is 0 Å². The number of carboxylic acid groups (broad SMARTS) is 1. The van der Waals surface area contributed by atoms with Crippen molar-refractivity contribution < 1.29 is 19.8 Å². The number of nitrogens with one attached hydrogen (secondary N) is 2. The van der Waals surface area contributed by atoms with E-state index in [1.165, 1.54) is 19.3 Å². The van der Waals surface area contributed by atoms with E-state index in [1.54, 1.807) is 0 Å². The van der Waals surface area contributed by atoms with Crippen molar-refractivity contribution in [2.45, 2.75) is 45.1 Å². The molecule has 19 heavy (non-hydrogen) atoms. The Morgan fingerprint density at radius 2 is 2.00 bits per heavy atom. The summed E-state index contributed by atoms with van der Waals surface area (Å²) >= 11 is 0. The smallest absolute Gasteiger partial charge is 0.326 e. The van der Waals surface area contributed by atoms with E-state index in [0.717, 1.165) is 6.42 Å². The summed E-state index contributed by atoms with van der Waals surface area (Å²) in [6, 6.07) is -1.51. The number of aliphatic hydroxyl groups excluding tert-OH is 1. The first-order valence-corrected chi connectivity index (χ1v) is 6.92. The molecule has 110 valence electrons. The molecule has 2 unspecified atom stereocenters. The lowest BCUT2D eigenvalue weighted by Crippen LogP contribution is -2.47. The van der Waals surface area contributed by atoms with Gasteiger partial charge in [0, 0.05) is 19.6 Å². The average Bonchev–Trinajstić information content (AvgIpc) is 2.37. The summed E-state index contributed by atoms with van der Waals surface area (Å²) in [5.41, 5.74) is 0. The quantitative estimate of drug-likeness (QED) is 0.578. The third kappa shape index (κ3) is 5.46. The van der Waals surface area contributed by atoms with Crippen molar-refractivity contribution in [2.75, 3.05) is 13.2 Å². The summed E-state index contributed by atoms with van der Waals surface area (Å²) in [6.45, 7) is 2.50. The van der Waals surface area contributed by atoms with Gasteiger partial charge in [-0.05, 0) is 18.3 Å². The molecule has 0 aromatic rings. The Labute approximate surface area is 113 Å². The van der Waals surface area contributed by atoms with Gasteiger partial charge < -0.3 is 20.8 Å². The van der Waals surface area contributed by atoms with Gasteiger partial charge in [0.1, 0.15) is 6.04 Å². The standard InChI is InChI=1S/C13H24N2O4/c1-9-4-2-3-5-10(9)8-14-13(19)15-11(6-7-16)12(17)18/h9-11,16H,2-8H2,1H3,(H,17,18)(H2,14,15,19)/t9?,10?,11-/m0/s1. The van der Waals surface area contributed by atoms with Crippen LogP contribution in [0, 0.1) is 11.8 Å². The molecule has 0 saturated heterocycles. The van der Waals surface area contributed by atoms with Gasteiger partial charge in [0.05, 0.1) is 0 Å². The predicted molar refractivity (Wildman–Crippen MR) is 70.8 cm³/mol. The predicted octanol–water partition coefficient (Wildman–Crippen LogP) is 0.948. The van der Waals surface area contributed by atoms with Crippen LogP contribution in [0.3, 0.4) is 0 Å². The van der Waals surface area contributed by atoms with Crippen LogP contribution < -0.4 is 10.6 Å². The van der Waals surface area contributed by atoms with Gasteiger partial charge in [0.15, 0.2) is 0 Å². The summed E-state index contributed by atoms with van der Waals surface area (Å²) in [6.07, 6.45) is 4.77. The lowest BCUT2D eigenvalue weighted by molar-refractivity contribution is -0.139. The van der Waals surface area contributed by atoms with E-state index in [0.29, 0.717) is 18.4 Å². The van der Waals surface area contributed by atoms with E-state index in [2.05, 4.69) is 17.6 Å². The largest absolute Gasteiger partial charge is 0.480 e. The number of carbonyl (C=O) groups excluding carboxylic acids is 1. The van der Waals surface area contributed by atoms with Crippen molar-refractivity contribution in [3.05, 3.63) is 0 Å². The normalized spacial score (nSPS) is 24.5. The molecule has 4 N–H and O–H groups in total. The first-order valence-electron chi connectivity index (χ1n) is 6.92. The highest BCUT2D eigenvalue weighted by atomic mass is 16.4. The average molecular weight is 272 g/mol. The summed E-state index contributed by atoms with van der Waals surface area (Å²) in [4.78, 5) is 22.4. The van der Waals surface area contributed by atoms with Crippen molar-refractivity contribution in [1.82, 2.24) is 10.6 Å². The van der Waals surface area contributed by atoms with Crippen LogP contribution in [-0.4, -0.2) is 41.4 Å². The topological polar surface area (TPSA) is 98.7 Å². The monoisotopic (exact) mass is 272 g/mol. The van der Waals surface area contributed by atoms with Crippen molar-refractivity contribution >= 4 is 12.0 Å². The Morgan fingerprint density at radius 3 is 2.58 bits per heavy atom. The maximum absolute atomic E-state index is 11.6. The summed E-state index contributed by atoms with van der Waals surface area (Å²) in [5.74, 6) is -0.0578. The first kappa shape index (κ1) is 15.8. The van der Waals surface area contributed by atoms with Gasteiger partial charge in [0.25, 0.3) is 0 Å². The molecule has 0 aromatic carbocycles. The van der Waals surface area contributed by atoms with Crippen LogP contribution in [0.4, 0.5) is 4.79 Å².